The van der Waals surface area contributed by atoms with Crippen LogP contribution in [-0.2, 0) is 4.79 Å². The largest absolute Gasteiger partial charge is 0.341 e. The van der Waals surface area contributed by atoms with Gasteiger partial charge in [0.1, 0.15) is 0 Å². The Morgan fingerprint density at radius 2 is 2.06 bits per heavy atom. The topological polar surface area (TPSA) is 32.3 Å². The minimum Gasteiger partial charge on any atom is -0.341 e. The predicted octanol–water partition coefficient (Wildman–Crippen LogP) is 2.56. The normalized spacial score (nSPS) is 26.4. The van der Waals surface area contributed by atoms with E-state index in [0.717, 1.165) is 38.9 Å². The molecule has 0 aromatic rings. The van der Waals surface area contributed by atoms with E-state index in [1.165, 1.54) is 25.7 Å². The summed E-state index contributed by atoms with van der Waals surface area (Å²) in [4.78, 5) is 14.9. The average molecular weight is 252 g/mol. The fraction of sp³-hybridized carbons (Fsp3) is 0.933. The summed E-state index contributed by atoms with van der Waals surface area (Å²) >= 11 is 0. The Labute approximate surface area is 111 Å². The molecule has 1 aliphatic heterocycles. The molecule has 1 saturated carbocycles. The first-order valence-corrected chi connectivity index (χ1v) is 7.68. The summed E-state index contributed by atoms with van der Waals surface area (Å²) in [6.45, 7) is 7.30. The molecular formula is C15H28N2O. The van der Waals surface area contributed by atoms with E-state index in [0.29, 0.717) is 11.9 Å². The number of carbonyl (C=O) groups excluding carboxylic acids is 1. The average Bonchev–Trinajstić information content (AvgIpc) is 3.00. The summed E-state index contributed by atoms with van der Waals surface area (Å²) in [6, 6.07) is 0.533. The van der Waals surface area contributed by atoms with E-state index in [1.807, 2.05) is 0 Å². The Morgan fingerprint density at radius 1 is 1.33 bits per heavy atom. The Morgan fingerprint density at radius 3 is 2.61 bits per heavy atom. The molecule has 2 fully saturated rings. The van der Waals surface area contributed by atoms with Crippen LogP contribution in [0.25, 0.3) is 0 Å². The van der Waals surface area contributed by atoms with Crippen LogP contribution in [0, 0.1) is 5.41 Å². The first-order chi connectivity index (χ1) is 8.65. The van der Waals surface area contributed by atoms with Crippen LogP contribution in [0.15, 0.2) is 0 Å². The summed E-state index contributed by atoms with van der Waals surface area (Å²) in [5.74, 6) is 0.413. The molecule has 18 heavy (non-hydrogen) atoms. The lowest BCUT2D eigenvalue weighted by Crippen LogP contribution is -2.46. The molecule has 0 aromatic heterocycles. The molecule has 1 unspecified atom stereocenters. The van der Waals surface area contributed by atoms with E-state index < -0.39 is 0 Å². The first kappa shape index (κ1) is 13.9. The molecule has 1 aliphatic carbocycles. The minimum absolute atomic E-state index is 0.0617. The molecule has 1 amide bonds. The third kappa shape index (κ3) is 3.05. The van der Waals surface area contributed by atoms with E-state index >= 15 is 0 Å². The highest BCUT2D eigenvalue weighted by molar-refractivity contribution is 5.82. The van der Waals surface area contributed by atoms with E-state index in [-0.39, 0.29) is 5.41 Å². The van der Waals surface area contributed by atoms with Gasteiger partial charge in [0.2, 0.25) is 5.91 Å². The molecule has 1 N–H and O–H groups in total. The highest BCUT2D eigenvalue weighted by Gasteiger charge is 2.39. The Balaban J connectivity index is 1.96. The standard InChI is InChI=1S/C15H28N2O/c1-3-11-17(12-13-7-6-10-16-13)14(18)15(2)8-4-5-9-15/h13,16H,3-12H2,1-2H3. The second-order valence-electron chi connectivity index (χ2n) is 6.31. The van der Waals surface area contributed by atoms with Crippen molar-refractivity contribution in [3.63, 3.8) is 0 Å². The molecule has 0 aromatic carbocycles. The zero-order chi connectivity index (χ0) is 13.0. The monoisotopic (exact) mass is 252 g/mol. The number of nitrogens with one attached hydrogen (secondary N) is 1. The van der Waals surface area contributed by atoms with Crippen LogP contribution < -0.4 is 5.32 Å². The zero-order valence-corrected chi connectivity index (χ0v) is 12.0. The summed E-state index contributed by atoms with van der Waals surface area (Å²) < 4.78 is 0. The maximum atomic E-state index is 12.7. The highest BCUT2D eigenvalue weighted by Crippen LogP contribution is 2.39. The van der Waals surface area contributed by atoms with Crippen molar-refractivity contribution >= 4 is 5.91 Å². The molecule has 1 saturated heterocycles. The quantitative estimate of drug-likeness (QED) is 0.815. The second kappa shape index (κ2) is 6.05. The van der Waals surface area contributed by atoms with Crippen molar-refractivity contribution < 1.29 is 4.79 Å². The van der Waals surface area contributed by atoms with Gasteiger partial charge in [0.15, 0.2) is 0 Å². The smallest absolute Gasteiger partial charge is 0.228 e. The number of hydrogen-bond acceptors (Lipinski definition) is 2. The lowest BCUT2D eigenvalue weighted by atomic mass is 9.87. The highest BCUT2D eigenvalue weighted by atomic mass is 16.2. The van der Waals surface area contributed by atoms with E-state index in [9.17, 15) is 4.79 Å². The van der Waals surface area contributed by atoms with Gasteiger partial charge in [0, 0.05) is 24.5 Å². The van der Waals surface area contributed by atoms with Gasteiger partial charge in [-0.2, -0.15) is 0 Å². The summed E-state index contributed by atoms with van der Waals surface area (Å²) in [5, 5.41) is 3.51. The summed E-state index contributed by atoms with van der Waals surface area (Å²) in [5.41, 5.74) is -0.0617. The molecule has 3 nitrogen and oxygen atoms in total. The van der Waals surface area contributed by atoms with Crippen molar-refractivity contribution in [2.75, 3.05) is 19.6 Å². The van der Waals surface area contributed by atoms with Gasteiger partial charge in [0.05, 0.1) is 0 Å². The lowest BCUT2D eigenvalue weighted by Gasteiger charge is -2.33. The lowest BCUT2D eigenvalue weighted by molar-refractivity contribution is -0.141. The van der Waals surface area contributed by atoms with Gasteiger partial charge in [-0.25, -0.2) is 0 Å². The third-order valence-corrected chi connectivity index (χ3v) is 4.61. The molecule has 1 heterocycles. The fourth-order valence-corrected chi connectivity index (χ4v) is 3.48. The van der Waals surface area contributed by atoms with Crippen LogP contribution >= 0.6 is 0 Å². The molecule has 104 valence electrons. The number of hydrogen-bond donors (Lipinski definition) is 1. The van der Waals surface area contributed by atoms with Crippen molar-refractivity contribution in [2.24, 2.45) is 5.41 Å². The first-order valence-electron chi connectivity index (χ1n) is 7.68. The Hall–Kier alpha value is -0.570. The molecule has 3 heteroatoms. The summed E-state index contributed by atoms with van der Waals surface area (Å²) in [7, 11) is 0. The van der Waals surface area contributed by atoms with E-state index in [2.05, 4.69) is 24.1 Å². The fourth-order valence-electron chi connectivity index (χ4n) is 3.48. The molecule has 0 spiro atoms. The Kier molecular flexibility index (Phi) is 4.66. The molecule has 2 rings (SSSR count). The Bertz CT molecular complexity index is 278. The summed E-state index contributed by atoms with van der Waals surface area (Å²) in [6.07, 6.45) is 8.18. The van der Waals surface area contributed by atoms with Gasteiger partial charge in [0.25, 0.3) is 0 Å². The van der Waals surface area contributed by atoms with Gasteiger partial charge >= 0.3 is 0 Å². The van der Waals surface area contributed by atoms with Gasteiger partial charge in [-0.1, -0.05) is 26.7 Å². The molecular weight excluding hydrogens is 224 g/mol. The number of carbonyl (C=O) groups is 1. The van der Waals surface area contributed by atoms with E-state index in [1.54, 1.807) is 0 Å². The zero-order valence-electron chi connectivity index (χ0n) is 12.0. The van der Waals surface area contributed by atoms with Crippen LogP contribution in [0.2, 0.25) is 0 Å². The molecule has 0 radical (unpaired) electrons. The minimum atomic E-state index is -0.0617. The van der Waals surface area contributed by atoms with Crippen LogP contribution in [0.1, 0.15) is 58.8 Å². The maximum absolute atomic E-state index is 12.7. The van der Waals surface area contributed by atoms with Gasteiger partial charge in [-0.3, -0.25) is 4.79 Å². The third-order valence-electron chi connectivity index (χ3n) is 4.61. The van der Waals surface area contributed by atoms with Gasteiger partial charge in [-0.15, -0.1) is 0 Å². The van der Waals surface area contributed by atoms with Crippen molar-refractivity contribution in [2.45, 2.75) is 64.8 Å². The van der Waals surface area contributed by atoms with Crippen LogP contribution in [0.4, 0.5) is 0 Å². The maximum Gasteiger partial charge on any atom is 0.228 e. The molecule has 1 atom stereocenters. The van der Waals surface area contributed by atoms with Crippen molar-refractivity contribution in [1.82, 2.24) is 10.2 Å². The van der Waals surface area contributed by atoms with Crippen LogP contribution in [0.5, 0.6) is 0 Å². The van der Waals surface area contributed by atoms with Crippen molar-refractivity contribution in [1.29, 1.82) is 0 Å². The predicted molar refractivity (Wildman–Crippen MR) is 74.5 cm³/mol. The SMILES string of the molecule is CCCN(CC1CCCN1)C(=O)C1(C)CCCC1. The van der Waals surface area contributed by atoms with Crippen molar-refractivity contribution in [3.8, 4) is 0 Å². The number of amides is 1. The molecule has 0 bridgehead atoms. The number of rotatable bonds is 5. The van der Waals surface area contributed by atoms with Crippen LogP contribution in [-0.4, -0.2) is 36.5 Å². The van der Waals surface area contributed by atoms with Crippen LogP contribution in [0.3, 0.4) is 0 Å². The van der Waals surface area contributed by atoms with Gasteiger partial charge < -0.3 is 10.2 Å². The number of nitrogens with zero attached hydrogens (tertiary/aromatic N) is 1. The van der Waals surface area contributed by atoms with E-state index in [4.69, 9.17) is 0 Å². The van der Waals surface area contributed by atoms with Crippen molar-refractivity contribution in [3.05, 3.63) is 0 Å². The van der Waals surface area contributed by atoms with Gasteiger partial charge in [-0.05, 0) is 38.6 Å². The second-order valence-corrected chi connectivity index (χ2v) is 6.31. The molecule has 2 aliphatic rings.